The van der Waals surface area contributed by atoms with Crippen LogP contribution < -0.4 is 24.8 Å². The van der Waals surface area contributed by atoms with Crippen molar-refractivity contribution in [1.29, 1.82) is 0 Å². The van der Waals surface area contributed by atoms with E-state index in [0.29, 0.717) is 51.2 Å². The van der Waals surface area contributed by atoms with Crippen LogP contribution in [-0.2, 0) is 4.79 Å². The van der Waals surface area contributed by atoms with E-state index in [2.05, 4.69) is 30.6 Å². The molecule has 0 spiro atoms. The van der Waals surface area contributed by atoms with Crippen molar-refractivity contribution < 1.29 is 23.4 Å². The molecule has 13 heteroatoms. The van der Waals surface area contributed by atoms with Gasteiger partial charge in [0.25, 0.3) is 5.91 Å². The highest BCUT2D eigenvalue weighted by atomic mass is 19.1. The summed E-state index contributed by atoms with van der Waals surface area (Å²) in [6.45, 7) is 2.76. The number of imidazole rings is 1. The Hall–Kier alpha value is -5.30. The normalized spacial score (nSPS) is 15.5. The predicted octanol–water partition coefficient (Wildman–Crippen LogP) is 5.42. The Morgan fingerprint density at radius 3 is 2.61 bits per heavy atom. The number of nitrogens with zero attached hydrogens (tertiary/aromatic N) is 6. The first-order valence-electron chi connectivity index (χ1n) is 14.0. The number of benzene rings is 2. The maximum absolute atomic E-state index is 14.9. The van der Waals surface area contributed by atoms with Crippen molar-refractivity contribution in [2.75, 3.05) is 38.4 Å². The Morgan fingerprint density at radius 2 is 1.84 bits per heavy atom. The summed E-state index contributed by atoms with van der Waals surface area (Å²) >= 11 is 0. The summed E-state index contributed by atoms with van der Waals surface area (Å²) in [7, 11) is 4.93. The van der Waals surface area contributed by atoms with Gasteiger partial charge in [0.05, 0.1) is 31.1 Å². The molecule has 0 saturated carbocycles. The van der Waals surface area contributed by atoms with E-state index in [1.165, 1.54) is 19.5 Å². The SMILES string of the molecule is COc1cc2ncnc(Nc3cc(C)c(Oc4cc5nccn5cn4)cc3OC)c2cc1NC(=O)/C(F)=C\C1CCCN1C. The van der Waals surface area contributed by atoms with Crippen molar-refractivity contribution in [3.63, 3.8) is 0 Å². The summed E-state index contributed by atoms with van der Waals surface area (Å²) in [6, 6.07) is 8.55. The monoisotopic (exact) mass is 598 g/mol. The van der Waals surface area contributed by atoms with Crippen LogP contribution in [0.4, 0.5) is 21.6 Å². The zero-order chi connectivity index (χ0) is 30.8. The second-order valence-electron chi connectivity index (χ2n) is 10.4. The summed E-state index contributed by atoms with van der Waals surface area (Å²) in [5.74, 6) is 0.497. The Kier molecular flexibility index (Phi) is 7.94. The molecule has 2 N–H and O–H groups in total. The van der Waals surface area contributed by atoms with E-state index in [1.807, 2.05) is 24.9 Å². The molecule has 226 valence electrons. The summed E-state index contributed by atoms with van der Waals surface area (Å²) in [4.78, 5) is 32.2. The third-order valence-electron chi connectivity index (χ3n) is 7.56. The fourth-order valence-corrected chi connectivity index (χ4v) is 5.17. The standard InChI is InChI=1S/C31H31FN8O4/c1-18-10-23(27(43-4)14-25(18)44-29-15-28-33-7-9-40(28)17-36-29)37-30-20-12-24(26(42-3)13-22(20)34-16-35-30)38-31(41)21(32)11-19-6-5-8-39(19)2/h7,9-17,19H,5-6,8H2,1-4H3,(H,38,41)(H,34,35,37)/b21-11+. The largest absolute Gasteiger partial charge is 0.494 e. The van der Waals surface area contributed by atoms with Crippen molar-refractivity contribution >= 4 is 39.6 Å². The molecule has 1 saturated heterocycles. The Balaban J connectivity index is 1.28. The maximum Gasteiger partial charge on any atom is 0.284 e. The number of likely N-dealkylation sites (tertiary alicyclic amines) is 1. The average Bonchev–Trinajstić information content (AvgIpc) is 3.66. The lowest BCUT2D eigenvalue weighted by Gasteiger charge is -2.17. The molecule has 0 bridgehead atoms. The predicted molar refractivity (Wildman–Crippen MR) is 164 cm³/mol. The number of hydrogen-bond donors (Lipinski definition) is 2. The number of aromatic nitrogens is 5. The van der Waals surface area contributed by atoms with Gasteiger partial charge in [-0.25, -0.2) is 24.3 Å². The lowest BCUT2D eigenvalue weighted by Crippen LogP contribution is -2.24. The minimum absolute atomic E-state index is 0.116. The van der Waals surface area contributed by atoms with E-state index in [4.69, 9.17) is 14.2 Å². The van der Waals surface area contributed by atoms with E-state index in [0.717, 1.165) is 24.9 Å². The van der Waals surface area contributed by atoms with E-state index >= 15 is 0 Å². The van der Waals surface area contributed by atoms with E-state index in [9.17, 15) is 9.18 Å². The zero-order valence-corrected chi connectivity index (χ0v) is 24.7. The molecule has 2 aromatic carbocycles. The van der Waals surface area contributed by atoms with Gasteiger partial charge in [0.2, 0.25) is 5.88 Å². The molecule has 6 rings (SSSR count). The first-order valence-corrected chi connectivity index (χ1v) is 14.0. The number of ether oxygens (including phenoxy) is 3. The van der Waals surface area contributed by atoms with Gasteiger partial charge in [0, 0.05) is 42.0 Å². The molecule has 1 aliphatic rings. The maximum atomic E-state index is 14.9. The molecular formula is C31H31FN8O4. The first kappa shape index (κ1) is 28.8. The topological polar surface area (TPSA) is 128 Å². The van der Waals surface area contributed by atoms with Gasteiger partial charge < -0.3 is 24.8 Å². The van der Waals surface area contributed by atoms with Crippen LogP contribution in [0.15, 0.2) is 67.3 Å². The van der Waals surface area contributed by atoms with Gasteiger partial charge in [0.1, 0.15) is 41.4 Å². The fraction of sp³-hybridized carbons (Fsp3) is 0.258. The number of carbonyl (C=O) groups excluding carboxylic acids is 1. The molecule has 44 heavy (non-hydrogen) atoms. The molecule has 12 nitrogen and oxygen atoms in total. The Labute approximate surface area is 252 Å². The van der Waals surface area contributed by atoms with Gasteiger partial charge in [-0.15, -0.1) is 0 Å². The highest BCUT2D eigenvalue weighted by molar-refractivity contribution is 6.05. The molecule has 1 aliphatic heterocycles. The van der Waals surface area contributed by atoms with Gasteiger partial charge in [-0.1, -0.05) is 0 Å². The van der Waals surface area contributed by atoms with E-state index in [1.54, 1.807) is 54.5 Å². The molecule has 0 aliphatic carbocycles. The minimum Gasteiger partial charge on any atom is -0.494 e. The third-order valence-corrected chi connectivity index (χ3v) is 7.56. The van der Waals surface area contributed by atoms with Gasteiger partial charge in [-0.05, 0) is 57.1 Å². The Morgan fingerprint density at radius 1 is 1.02 bits per heavy atom. The van der Waals surface area contributed by atoms with Crippen molar-refractivity contribution in [1.82, 2.24) is 29.2 Å². The fourth-order valence-electron chi connectivity index (χ4n) is 5.17. The minimum atomic E-state index is -0.858. The average molecular weight is 599 g/mol. The molecule has 1 atom stereocenters. The highest BCUT2D eigenvalue weighted by Crippen LogP contribution is 2.38. The van der Waals surface area contributed by atoms with Crippen LogP contribution in [0.5, 0.6) is 23.1 Å². The van der Waals surface area contributed by atoms with Crippen LogP contribution in [0.25, 0.3) is 16.6 Å². The molecular weight excluding hydrogens is 567 g/mol. The van der Waals surface area contributed by atoms with Crippen LogP contribution in [0.1, 0.15) is 18.4 Å². The Bertz CT molecular complexity index is 1890. The van der Waals surface area contributed by atoms with Gasteiger partial charge >= 0.3 is 0 Å². The molecule has 4 heterocycles. The van der Waals surface area contributed by atoms with Crippen LogP contribution >= 0.6 is 0 Å². The molecule has 5 aromatic rings. The van der Waals surface area contributed by atoms with Crippen LogP contribution in [0.2, 0.25) is 0 Å². The molecule has 3 aromatic heterocycles. The molecule has 1 fully saturated rings. The smallest absolute Gasteiger partial charge is 0.284 e. The number of methoxy groups -OCH3 is 2. The van der Waals surface area contributed by atoms with Gasteiger partial charge in [-0.3, -0.25) is 14.1 Å². The second kappa shape index (κ2) is 12.1. The van der Waals surface area contributed by atoms with Crippen molar-refractivity contribution in [3.05, 3.63) is 72.8 Å². The summed E-state index contributed by atoms with van der Waals surface area (Å²) in [5, 5.41) is 6.52. The highest BCUT2D eigenvalue weighted by Gasteiger charge is 2.22. The second-order valence-corrected chi connectivity index (χ2v) is 10.4. The number of likely N-dealkylation sites (N-methyl/N-ethyl adjacent to an activating group) is 1. The molecule has 0 radical (unpaired) electrons. The van der Waals surface area contributed by atoms with Gasteiger partial charge in [0.15, 0.2) is 5.83 Å². The number of aryl methyl sites for hydroxylation is 1. The van der Waals surface area contributed by atoms with Crippen LogP contribution in [-0.4, -0.2) is 69.0 Å². The number of anilines is 3. The number of amides is 1. The number of rotatable bonds is 9. The number of fused-ring (bicyclic) bond motifs is 2. The third kappa shape index (κ3) is 5.81. The first-order chi connectivity index (χ1) is 21.3. The lowest BCUT2D eigenvalue weighted by molar-refractivity contribution is -0.114. The van der Waals surface area contributed by atoms with Crippen molar-refractivity contribution in [3.8, 4) is 23.1 Å². The quantitative estimate of drug-likeness (QED) is 0.212. The van der Waals surface area contributed by atoms with Crippen molar-refractivity contribution in [2.45, 2.75) is 25.8 Å². The summed E-state index contributed by atoms with van der Waals surface area (Å²) < 4.78 is 33.9. The number of halogens is 1. The number of carbonyl (C=O) groups is 1. The van der Waals surface area contributed by atoms with Crippen LogP contribution in [0.3, 0.4) is 0 Å². The van der Waals surface area contributed by atoms with E-state index in [-0.39, 0.29) is 11.7 Å². The lowest BCUT2D eigenvalue weighted by atomic mass is 10.1. The molecule has 1 amide bonds. The van der Waals surface area contributed by atoms with Crippen molar-refractivity contribution in [2.24, 2.45) is 0 Å². The summed E-state index contributed by atoms with van der Waals surface area (Å²) in [6.07, 6.45) is 9.65. The number of hydrogen-bond acceptors (Lipinski definition) is 10. The van der Waals surface area contributed by atoms with Gasteiger partial charge in [-0.2, -0.15) is 0 Å². The molecule has 1 unspecified atom stereocenters. The number of nitrogens with one attached hydrogen (secondary N) is 2. The van der Waals surface area contributed by atoms with E-state index < -0.39 is 11.7 Å². The van der Waals surface area contributed by atoms with Crippen LogP contribution in [0, 0.1) is 6.92 Å². The summed E-state index contributed by atoms with van der Waals surface area (Å²) in [5.41, 5.74) is 2.96. The zero-order valence-electron chi connectivity index (χ0n) is 24.7.